The van der Waals surface area contributed by atoms with Gasteiger partial charge in [-0.2, -0.15) is 0 Å². The number of rotatable bonds is 0. The fraction of sp³-hybridized carbons (Fsp3) is 0.182. The number of fused-ring (bicyclic) bond motifs is 1. The number of carbonyl (C=O) groups is 1. The normalized spacial score (nSPS) is 20.4. The lowest BCUT2D eigenvalue weighted by Crippen LogP contribution is -2.04. The van der Waals surface area contributed by atoms with Crippen molar-refractivity contribution < 1.29 is 9.53 Å². The third kappa shape index (κ3) is 1.47. The first-order chi connectivity index (χ1) is 6.27. The first kappa shape index (κ1) is 8.05. The van der Waals surface area contributed by atoms with Crippen LogP contribution in [0.25, 0.3) is 6.08 Å². The van der Waals surface area contributed by atoms with Gasteiger partial charge in [-0.3, -0.25) is 0 Å². The van der Waals surface area contributed by atoms with Gasteiger partial charge < -0.3 is 4.74 Å². The summed E-state index contributed by atoms with van der Waals surface area (Å²) in [5, 5.41) is 0. The lowest BCUT2D eigenvalue weighted by Gasteiger charge is -2.11. The number of esters is 1. The molecule has 1 heterocycles. The molecule has 66 valence electrons. The Morgan fingerprint density at radius 3 is 2.85 bits per heavy atom. The van der Waals surface area contributed by atoms with Gasteiger partial charge in [-0.05, 0) is 24.1 Å². The van der Waals surface area contributed by atoms with Crippen molar-refractivity contribution >= 4 is 12.0 Å². The molecule has 1 aromatic rings. The molecule has 0 saturated heterocycles. The minimum absolute atomic E-state index is 0.154. The molecule has 2 rings (SSSR count). The highest BCUT2D eigenvalue weighted by atomic mass is 16.5. The molecule has 0 amide bonds. The van der Waals surface area contributed by atoms with Gasteiger partial charge in [-0.25, -0.2) is 4.79 Å². The fourth-order valence-corrected chi connectivity index (χ4v) is 1.47. The molecule has 0 spiro atoms. The molecule has 0 N–H and O–H groups in total. The standard InChI is InChI=1S/C11H10O2/c1-8-10-5-3-2-4-9(10)6-7-11(12)13-8/h2-8H,1H3. The van der Waals surface area contributed by atoms with Crippen LogP contribution in [0.2, 0.25) is 0 Å². The third-order valence-electron chi connectivity index (χ3n) is 2.13. The molecule has 0 saturated carbocycles. The van der Waals surface area contributed by atoms with Crippen LogP contribution in [0, 0.1) is 0 Å². The van der Waals surface area contributed by atoms with Crippen LogP contribution in [0.1, 0.15) is 24.2 Å². The summed E-state index contributed by atoms with van der Waals surface area (Å²) in [5.41, 5.74) is 2.12. The minimum atomic E-state index is -0.274. The molecule has 2 heteroatoms. The van der Waals surface area contributed by atoms with Gasteiger partial charge in [-0.15, -0.1) is 0 Å². The SMILES string of the molecule is CC1OC(=O)C=Cc2ccccc21. The monoisotopic (exact) mass is 174 g/mol. The highest BCUT2D eigenvalue weighted by Crippen LogP contribution is 2.24. The Kier molecular flexibility index (Phi) is 1.89. The Morgan fingerprint density at radius 2 is 2.00 bits per heavy atom. The Morgan fingerprint density at radius 1 is 1.23 bits per heavy atom. The minimum Gasteiger partial charge on any atom is -0.455 e. The van der Waals surface area contributed by atoms with Gasteiger partial charge in [0.1, 0.15) is 6.10 Å². The van der Waals surface area contributed by atoms with E-state index < -0.39 is 0 Å². The van der Waals surface area contributed by atoms with Crippen molar-refractivity contribution in [3.8, 4) is 0 Å². The van der Waals surface area contributed by atoms with Crippen molar-refractivity contribution in [3.05, 3.63) is 41.5 Å². The molecule has 0 aromatic heterocycles. The van der Waals surface area contributed by atoms with Crippen molar-refractivity contribution in [2.75, 3.05) is 0 Å². The summed E-state index contributed by atoms with van der Waals surface area (Å²) >= 11 is 0. The van der Waals surface area contributed by atoms with Crippen molar-refractivity contribution in [3.63, 3.8) is 0 Å². The van der Waals surface area contributed by atoms with Gasteiger partial charge >= 0.3 is 5.97 Å². The highest BCUT2D eigenvalue weighted by Gasteiger charge is 2.15. The van der Waals surface area contributed by atoms with Crippen molar-refractivity contribution in [2.45, 2.75) is 13.0 Å². The largest absolute Gasteiger partial charge is 0.455 e. The zero-order valence-corrected chi connectivity index (χ0v) is 7.36. The number of cyclic esters (lactones) is 1. The topological polar surface area (TPSA) is 26.3 Å². The summed E-state index contributed by atoms with van der Waals surface area (Å²) in [7, 11) is 0. The molecule has 0 radical (unpaired) electrons. The molecule has 1 aliphatic rings. The van der Waals surface area contributed by atoms with Crippen LogP contribution in [0.5, 0.6) is 0 Å². The molecule has 1 atom stereocenters. The maximum absolute atomic E-state index is 11.1. The molecule has 1 unspecified atom stereocenters. The molecule has 2 nitrogen and oxygen atoms in total. The fourth-order valence-electron chi connectivity index (χ4n) is 1.47. The third-order valence-corrected chi connectivity index (χ3v) is 2.13. The van der Waals surface area contributed by atoms with Crippen LogP contribution < -0.4 is 0 Å². The summed E-state index contributed by atoms with van der Waals surface area (Å²) in [4.78, 5) is 11.1. The summed E-state index contributed by atoms with van der Waals surface area (Å²) in [6.07, 6.45) is 3.10. The molecular formula is C11H10O2. The Balaban J connectivity index is 2.51. The summed E-state index contributed by atoms with van der Waals surface area (Å²) < 4.78 is 5.11. The number of ether oxygens (including phenoxy) is 1. The van der Waals surface area contributed by atoms with E-state index in [9.17, 15) is 4.79 Å². The molecular weight excluding hydrogens is 164 g/mol. The second-order valence-electron chi connectivity index (χ2n) is 3.04. The Bertz CT molecular complexity index is 366. The number of hydrogen-bond donors (Lipinski definition) is 0. The highest BCUT2D eigenvalue weighted by molar-refractivity contribution is 5.88. The van der Waals surface area contributed by atoms with E-state index in [1.807, 2.05) is 31.2 Å². The first-order valence-corrected chi connectivity index (χ1v) is 4.25. The van der Waals surface area contributed by atoms with E-state index >= 15 is 0 Å². The predicted octanol–water partition coefficient (Wildman–Crippen LogP) is 2.32. The van der Waals surface area contributed by atoms with Crippen LogP contribution in [0.3, 0.4) is 0 Å². The zero-order chi connectivity index (χ0) is 9.26. The van der Waals surface area contributed by atoms with Gasteiger partial charge in [0.15, 0.2) is 0 Å². The van der Waals surface area contributed by atoms with Gasteiger partial charge in [0.05, 0.1) is 0 Å². The maximum atomic E-state index is 11.1. The van der Waals surface area contributed by atoms with Gasteiger partial charge in [-0.1, -0.05) is 24.3 Å². The summed E-state index contributed by atoms with van der Waals surface area (Å²) in [6.45, 7) is 1.88. The Hall–Kier alpha value is -1.57. The summed E-state index contributed by atoms with van der Waals surface area (Å²) in [5.74, 6) is -0.274. The molecule has 1 aliphatic heterocycles. The van der Waals surface area contributed by atoms with E-state index in [4.69, 9.17) is 4.74 Å². The molecule has 0 aliphatic carbocycles. The van der Waals surface area contributed by atoms with E-state index in [1.165, 1.54) is 6.08 Å². The van der Waals surface area contributed by atoms with Crippen LogP contribution in [0.4, 0.5) is 0 Å². The second kappa shape index (κ2) is 3.05. The maximum Gasteiger partial charge on any atom is 0.331 e. The van der Waals surface area contributed by atoms with E-state index in [0.717, 1.165) is 11.1 Å². The molecule has 1 aromatic carbocycles. The zero-order valence-electron chi connectivity index (χ0n) is 7.36. The number of carbonyl (C=O) groups excluding carboxylic acids is 1. The smallest absolute Gasteiger partial charge is 0.331 e. The van der Waals surface area contributed by atoms with Crippen molar-refractivity contribution in [1.82, 2.24) is 0 Å². The quantitative estimate of drug-likeness (QED) is 0.564. The predicted molar refractivity (Wildman–Crippen MR) is 50.0 cm³/mol. The average Bonchev–Trinajstić information content (AvgIpc) is 2.27. The lowest BCUT2D eigenvalue weighted by atomic mass is 10.0. The number of benzene rings is 1. The molecule has 0 fully saturated rings. The van der Waals surface area contributed by atoms with Gasteiger partial charge in [0.2, 0.25) is 0 Å². The van der Waals surface area contributed by atoms with Crippen LogP contribution >= 0.6 is 0 Å². The van der Waals surface area contributed by atoms with E-state index in [2.05, 4.69) is 0 Å². The van der Waals surface area contributed by atoms with Gasteiger partial charge in [0.25, 0.3) is 0 Å². The second-order valence-corrected chi connectivity index (χ2v) is 3.04. The Labute approximate surface area is 76.8 Å². The van der Waals surface area contributed by atoms with Crippen molar-refractivity contribution in [2.24, 2.45) is 0 Å². The lowest BCUT2D eigenvalue weighted by molar-refractivity contribution is -0.142. The molecule has 0 bridgehead atoms. The summed E-state index contributed by atoms with van der Waals surface area (Å²) in [6, 6.07) is 7.85. The van der Waals surface area contributed by atoms with Crippen LogP contribution in [-0.2, 0) is 9.53 Å². The molecule has 13 heavy (non-hydrogen) atoms. The van der Waals surface area contributed by atoms with Crippen LogP contribution in [0.15, 0.2) is 30.3 Å². The first-order valence-electron chi connectivity index (χ1n) is 4.25. The van der Waals surface area contributed by atoms with Gasteiger partial charge in [0, 0.05) is 6.08 Å². The van der Waals surface area contributed by atoms with Crippen molar-refractivity contribution in [1.29, 1.82) is 0 Å². The van der Waals surface area contributed by atoms with E-state index in [-0.39, 0.29) is 12.1 Å². The van der Waals surface area contributed by atoms with Crippen LogP contribution in [-0.4, -0.2) is 5.97 Å². The van der Waals surface area contributed by atoms with E-state index in [0.29, 0.717) is 0 Å². The number of hydrogen-bond acceptors (Lipinski definition) is 2. The van der Waals surface area contributed by atoms with E-state index in [1.54, 1.807) is 6.08 Å². The average molecular weight is 174 g/mol.